The van der Waals surface area contributed by atoms with E-state index in [0.717, 1.165) is 19.5 Å². The van der Waals surface area contributed by atoms with Gasteiger partial charge in [-0.05, 0) is 44.2 Å². The quantitative estimate of drug-likeness (QED) is 0.672. The molecule has 2 aliphatic rings. The van der Waals surface area contributed by atoms with Gasteiger partial charge in [0.2, 0.25) is 0 Å². The Morgan fingerprint density at radius 1 is 1.44 bits per heavy atom. The fourth-order valence-electron chi connectivity index (χ4n) is 3.62. The van der Waals surface area contributed by atoms with Crippen molar-refractivity contribution in [3.8, 4) is 0 Å². The van der Waals surface area contributed by atoms with Gasteiger partial charge < -0.3 is 9.64 Å². The maximum absolute atomic E-state index is 12.1. The van der Waals surface area contributed by atoms with Crippen LogP contribution in [-0.4, -0.2) is 38.1 Å². The van der Waals surface area contributed by atoms with E-state index in [0.29, 0.717) is 5.92 Å². The Morgan fingerprint density at radius 3 is 2.50 bits per heavy atom. The van der Waals surface area contributed by atoms with Crippen LogP contribution in [-0.2, 0) is 9.53 Å². The molecule has 0 bridgehead atoms. The first-order valence-electron chi connectivity index (χ1n) is 6.21. The first kappa shape index (κ1) is 11.9. The number of carbonyl (C=O) groups excluding carboxylic acids is 1. The molecule has 2 unspecified atom stereocenters. The maximum atomic E-state index is 12.1. The third-order valence-electron chi connectivity index (χ3n) is 4.67. The van der Waals surface area contributed by atoms with Crippen molar-refractivity contribution in [3.05, 3.63) is 0 Å². The Kier molecular flexibility index (Phi) is 2.77. The number of nitrogens with zero attached hydrogens (tertiary/aromatic N) is 1. The molecular formula is C13H23NO2. The molecule has 1 aliphatic carbocycles. The number of piperidine rings is 1. The highest BCUT2D eigenvalue weighted by molar-refractivity contribution is 5.82. The Bertz CT molecular complexity index is 300. The second-order valence-electron chi connectivity index (χ2n) is 6.12. The van der Waals surface area contributed by atoms with Crippen molar-refractivity contribution in [1.82, 2.24) is 4.90 Å². The molecule has 0 aromatic rings. The zero-order chi connectivity index (χ0) is 12.0. The standard InChI is InChI=1S/C13H23NO2/c1-12(2)9-13(12,11(15)16-4)10-6-5-7-14(3)8-10/h10H,5-9H2,1-4H3. The molecule has 0 aromatic heterocycles. The van der Waals surface area contributed by atoms with E-state index in [1.165, 1.54) is 20.0 Å². The van der Waals surface area contributed by atoms with E-state index < -0.39 is 0 Å². The highest BCUT2D eigenvalue weighted by atomic mass is 16.5. The maximum Gasteiger partial charge on any atom is 0.312 e. The SMILES string of the molecule is COC(=O)C1(C2CCCN(C)C2)CC1(C)C. The highest BCUT2D eigenvalue weighted by Crippen LogP contribution is 2.69. The van der Waals surface area contributed by atoms with E-state index in [1.54, 1.807) is 0 Å². The van der Waals surface area contributed by atoms with Gasteiger partial charge in [-0.1, -0.05) is 13.8 Å². The third kappa shape index (κ3) is 1.56. The topological polar surface area (TPSA) is 29.5 Å². The first-order chi connectivity index (χ1) is 7.44. The predicted molar refractivity (Wildman–Crippen MR) is 63.1 cm³/mol. The molecule has 1 aliphatic heterocycles. The van der Waals surface area contributed by atoms with Crippen molar-refractivity contribution in [2.75, 3.05) is 27.2 Å². The summed E-state index contributed by atoms with van der Waals surface area (Å²) >= 11 is 0. The van der Waals surface area contributed by atoms with Gasteiger partial charge in [-0.3, -0.25) is 4.79 Å². The fourth-order valence-corrected chi connectivity index (χ4v) is 3.62. The van der Waals surface area contributed by atoms with Gasteiger partial charge in [0.1, 0.15) is 0 Å². The number of hydrogen-bond donors (Lipinski definition) is 0. The number of hydrogen-bond acceptors (Lipinski definition) is 3. The zero-order valence-electron chi connectivity index (χ0n) is 10.9. The lowest BCUT2D eigenvalue weighted by Gasteiger charge is -2.35. The molecule has 2 atom stereocenters. The number of likely N-dealkylation sites (tertiary alicyclic amines) is 1. The minimum atomic E-state index is -0.198. The van der Waals surface area contributed by atoms with Crippen molar-refractivity contribution >= 4 is 5.97 Å². The van der Waals surface area contributed by atoms with E-state index in [2.05, 4.69) is 25.8 Å². The molecule has 1 saturated carbocycles. The summed E-state index contributed by atoms with van der Waals surface area (Å²) in [7, 11) is 3.66. The summed E-state index contributed by atoms with van der Waals surface area (Å²) in [5.74, 6) is 0.492. The van der Waals surface area contributed by atoms with Crippen molar-refractivity contribution in [1.29, 1.82) is 0 Å². The molecule has 2 rings (SSSR count). The lowest BCUT2D eigenvalue weighted by Crippen LogP contribution is -2.42. The molecule has 0 N–H and O–H groups in total. The molecule has 92 valence electrons. The molecule has 0 radical (unpaired) electrons. The van der Waals surface area contributed by atoms with Crippen LogP contribution >= 0.6 is 0 Å². The number of ether oxygens (including phenoxy) is 1. The van der Waals surface area contributed by atoms with Gasteiger partial charge in [0.05, 0.1) is 12.5 Å². The Balaban J connectivity index is 2.18. The van der Waals surface area contributed by atoms with E-state index >= 15 is 0 Å². The van der Waals surface area contributed by atoms with E-state index in [9.17, 15) is 4.79 Å². The van der Waals surface area contributed by atoms with Gasteiger partial charge in [0.25, 0.3) is 0 Å². The normalized spacial score (nSPS) is 38.1. The van der Waals surface area contributed by atoms with Crippen LogP contribution in [0, 0.1) is 16.7 Å². The summed E-state index contributed by atoms with van der Waals surface area (Å²) in [5, 5.41) is 0. The highest BCUT2D eigenvalue weighted by Gasteiger charge is 2.70. The average Bonchev–Trinajstić information content (AvgIpc) is 2.82. The lowest BCUT2D eigenvalue weighted by molar-refractivity contribution is -0.152. The first-order valence-corrected chi connectivity index (χ1v) is 6.21. The lowest BCUT2D eigenvalue weighted by atomic mass is 9.78. The molecule has 3 nitrogen and oxygen atoms in total. The smallest absolute Gasteiger partial charge is 0.312 e. The third-order valence-corrected chi connectivity index (χ3v) is 4.67. The molecule has 3 heteroatoms. The van der Waals surface area contributed by atoms with E-state index in [4.69, 9.17) is 4.74 Å². The Labute approximate surface area is 98.1 Å². The summed E-state index contributed by atoms with van der Waals surface area (Å²) in [6.45, 7) is 6.59. The van der Waals surface area contributed by atoms with E-state index in [-0.39, 0.29) is 16.8 Å². The van der Waals surface area contributed by atoms with Crippen LogP contribution in [0.3, 0.4) is 0 Å². The number of esters is 1. The average molecular weight is 225 g/mol. The van der Waals surface area contributed by atoms with Gasteiger partial charge in [-0.2, -0.15) is 0 Å². The van der Waals surface area contributed by atoms with Crippen molar-refractivity contribution in [3.63, 3.8) is 0 Å². The summed E-state index contributed by atoms with van der Waals surface area (Å²) < 4.78 is 5.04. The van der Waals surface area contributed by atoms with Crippen LogP contribution in [0.25, 0.3) is 0 Å². The summed E-state index contributed by atoms with van der Waals surface area (Å²) in [6, 6.07) is 0. The van der Waals surface area contributed by atoms with Gasteiger partial charge in [-0.15, -0.1) is 0 Å². The minimum Gasteiger partial charge on any atom is -0.469 e. The van der Waals surface area contributed by atoms with Gasteiger partial charge >= 0.3 is 5.97 Å². The van der Waals surface area contributed by atoms with Crippen LogP contribution in [0.4, 0.5) is 0 Å². The van der Waals surface area contributed by atoms with Gasteiger partial charge in [0, 0.05) is 6.54 Å². The molecule has 0 spiro atoms. The molecule has 1 saturated heterocycles. The number of rotatable bonds is 2. The fraction of sp³-hybridized carbons (Fsp3) is 0.923. The molecule has 0 aromatic carbocycles. The predicted octanol–water partition coefficient (Wildman–Crippen LogP) is 1.92. The molecule has 0 amide bonds. The second-order valence-corrected chi connectivity index (χ2v) is 6.12. The molecular weight excluding hydrogens is 202 g/mol. The van der Waals surface area contributed by atoms with Crippen LogP contribution < -0.4 is 0 Å². The van der Waals surface area contributed by atoms with Crippen LogP contribution in [0.5, 0.6) is 0 Å². The summed E-state index contributed by atoms with van der Waals surface area (Å²) in [6.07, 6.45) is 3.37. The van der Waals surface area contributed by atoms with Crippen molar-refractivity contribution in [2.24, 2.45) is 16.7 Å². The summed E-state index contributed by atoms with van der Waals surface area (Å²) in [4.78, 5) is 14.4. The van der Waals surface area contributed by atoms with Gasteiger partial charge in [-0.25, -0.2) is 0 Å². The van der Waals surface area contributed by atoms with Crippen LogP contribution in [0.2, 0.25) is 0 Å². The van der Waals surface area contributed by atoms with Gasteiger partial charge in [0.15, 0.2) is 0 Å². The summed E-state index contributed by atoms with van der Waals surface area (Å²) in [5.41, 5.74) is -0.0701. The van der Waals surface area contributed by atoms with Crippen molar-refractivity contribution in [2.45, 2.75) is 33.1 Å². The molecule has 2 fully saturated rings. The molecule has 16 heavy (non-hydrogen) atoms. The van der Waals surface area contributed by atoms with Crippen molar-refractivity contribution < 1.29 is 9.53 Å². The number of carbonyl (C=O) groups is 1. The van der Waals surface area contributed by atoms with Crippen LogP contribution in [0.15, 0.2) is 0 Å². The molecule has 1 heterocycles. The van der Waals surface area contributed by atoms with E-state index in [1.807, 2.05) is 0 Å². The van der Waals surface area contributed by atoms with Crippen LogP contribution in [0.1, 0.15) is 33.1 Å². The Hall–Kier alpha value is -0.570. The largest absolute Gasteiger partial charge is 0.469 e. The zero-order valence-corrected chi connectivity index (χ0v) is 10.9. The second kappa shape index (κ2) is 3.73. The monoisotopic (exact) mass is 225 g/mol. The minimum absolute atomic E-state index is 0.0119. The Morgan fingerprint density at radius 2 is 2.06 bits per heavy atom. The number of methoxy groups -OCH3 is 1.